The van der Waals surface area contributed by atoms with Gasteiger partial charge in [0.05, 0.1) is 0 Å². The largest absolute Gasteiger partial charge is 4.00 e. The predicted molar refractivity (Wildman–Crippen MR) is 89.1 cm³/mol. The van der Waals surface area contributed by atoms with E-state index in [1.54, 1.807) is 11.1 Å². The molecule has 19 heavy (non-hydrogen) atoms. The van der Waals surface area contributed by atoms with Gasteiger partial charge in [-0.15, -0.1) is 0 Å². The van der Waals surface area contributed by atoms with Gasteiger partial charge in [0, 0.05) is 9.52 Å². The van der Waals surface area contributed by atoms with E-state index in [9.17, 15) is 0 Å². The van der Waals surface area contributed by atoms with E-state index in [0.717, 1.165) is 5.92 Å². The topological polar surface area (TPSA) is 0 Å². The van der Waals surface area contributed by atoms with Gasteiger partial charge in [-0.2, -0.15) is 11.1 Å². The van der Waals surface area contributed by atoms with Crippen molar-refractivity contribution in [1.82, 2.24) is 0 Å². The van der Waals surface area contributed by atoms with Crippen LogP contribution in [0.2, 0.25) is 11.1 Å². The van der Waals surface area contributed by atoms with Gasteiger partial charge in [0.25, 0.3) is 0 Å². The summed E-state index contributed by atoms with van der Waals surface area (Å²) in [5.41, 5.74) is 3.41. The average Bonchev–Trinajstić information content (AvgIpc) is 2.57. The second kappa shape index (κ2) is 10.2. The molecule has 0 aromatic rings. The van der Waals surface area contributed by atoms with Crippen LogP contribution in [-0.4, -0.2) is 9.52 Å². The Morgan fingerprint density at radius 1 is 1.16 bits per heavy atom. The maximum atomic E-state index is 3.61. The van der Waals surface area contributed by atoms with Crippen LogP contribution in [0.5, 0.6) is 0 Å². The Bertz CT molecular complexity index is 297. The van der Waals surface area contributed by atoms with Crippen LogP contribution >= 0.6 is 0 Å². The minimum absolute atomic E-state index is 0. The fraction of sp³-hybridized carbons (Fsp3) is 0.588. The summed E-state index contributed by atoms with van der Waals surface area (Å²) in [5.74, 6) is 0.728. The van der Waals surface area contributed by atoms with E-state index in [-0.39, 0.29) is 53.5 Å². The summed E-state index contributed by atoms with van der Waals surface area (Å²) < 4.78 is 0. The molecular weight excluding hydrogens is 280 g/mol. The van der Waals surface area contributed by atoms with Gasteiger partial charge in [-0.3, -0.25) is 6.08 Å². The number of allylic oxidation sites excluding steroid dienone is 4. The second-order valence-electron chi connectivity index (χ2n) is 6.22. The quantitative estimate of drug-likeness (QED) is 0.497. The molecule has 2 rings (SSSR count). The van der Waals surface area contributed by atoms with Crippen molar-refractivity contribution in [3.05, 3.63) is 45.6 Å². The van der Waals surface area contributed by atoms with Gasteiger partial charge in [0.2, 0.25) is 0 Å². The van der Waals surface area contributed by atoms with Crippen LogP contribution in [0.3, 0.4) is 0 Å². The molecule has 2 aliphatic carbocycles. The SMILES string of the molecule is CC(C)(C)[SiH2]CC1[C-]=CC2=C1CCCC2.[CH3-].[CH3-].[CH3-].[Ti+4]. The zero-order chi connectivity index (χ0) is 10.9. The fourth-order valence-corrected chi connectivity index (χ4v) is 4.32. The van der Waals surface area contributed by atoms with Crippen LogP contribution in [0.4, 0.5) is 0 Å². The molecule has 108 valence electrons. The van der Waals surface area contributed by atoms with Crippen molar-refractivity contribution in [2.24, 2.45) is 5.92 Å². The number of rotatable bonds is 2. The molecule has 0 saturated carbocycles. The Morgan fingerprint density at radius 2 is 1.74 bits per heavy atom. The standard InChI is InChI=1S/C14H23Si.3CH3.Ti/c1-14(2,3)15-10-12-9-8-11-6-4-5-7-13(11)12;;;;/h8,12H,4-7,10,15H2,1-3H3;3*1H3;/q4*-1;+4. The van der Waals surface area contributed by atoms with Crippen molar-refractivity contribution in [2.45, 2.75) is 57.5 Å². The van der Waals surface area contributed by atoms with E-state index in [1.807, 2.05) is 0 Å². The monoisotopic (exact) mass is 312 g/mol. The predicted octanol–water partition coefficient (Wildman–Crippen LogP) is 5.00. The molecule has 0 amide bonds. The first kappa shape index (κ1) is 24.4. The molecule has 1 atom stereocenters. The number of hydrogen-bond acceptors (Lipinski definition) is 0. The van der Waals surface area contributed by atoms with E-state index in [1.165, 1.54) is 31.7 Å². The van der Waals surface area contributed by atoms with Gasteiger partial charge in [0.1, 0.15) is 0 Å². The van der Waals surface area contributed by atoms with E-state index < -0.39 is 0 Å². The Morgan fingerprint density at radius 3 is 2.32 bits per heavy atom. The third-order valence-electron chi connectivity index (χ3n) is 3.62. The van der Waals surface area contributed by atoms with Gasteiger partial charge in [-0.1, -0.05) is 52.0 Å². The molecule has 0 radical (unpaired) electrons. The first-order chi connectivity index (χ1) is 7.06. The summed E-state index contributed by atoms with van der Waals surface area (Å²) in [7, 11) is 0.0562. The normalized spacial score (nSPS) is 21.1. The smallest absolute Gasteiger partial charge is 0.358 e. The van der Waals surface area contributed by atoms with Crippen molar-refractivity contribution in [1.29, 1.82) is 0 Å². The Hall–Kier alpha value is 0.411. The van der Waals surface area contributed by atoms with E-state index in [4.69, 9.17) is 0 Å². The fourth-order valence-electron chi connectivity index (χ4n) is 2.65. The molecule has 0 spiro atoms. The van der Waals surface area contributed by atoms with Gasteiger partial charge in [0.15, 0.2) is 0 Å². The van der Waals surface area contributed by atoms with E-state index in [2.05, 4.69) is 32.9 Å². The van der Waals surface area contributed by atoms with Crippen molar-refractivity contribution < 1.29 is 21.7 Å². The molecule has 0 N–H and O–H groups in total. The molecule has 0 bridgehead atoms. The maximum absolute atomic E-state index is 3.61. The molecule has 0 heterocycles. The molecule has 1 unspecified atom stereocenters. The third kappa shape index (κ3) is 7.11. The first-order valence-corrected chi connectivity index (χ1v) is 8.08. The second-order valence-corrected chi connectivity index (χ2v) is 9.42. The summed E-state index contributed by atoms with van der Waals surface area (Å²) in [6, 6.07) is 1.44. The molecule has 2 aliphatic rings. The summed E-state index contributed by atoms with van der Waals surface area (Å²) in [5, 5.41) is 0.611. The van der Waals surface area contributed by atoms with Crippen molar-refractivity contribution in [2.75, 3.05) is 0 Å². The van der Waals surface area contributed by atoms with E-state index >= 15 is 0 Å². The minimum Gasteiger partial charge on any atom is -0.358 e. The summed E-state index contributed by atoms with van der Waals surface area (Å²) in [6.07, 6.45) is 11.4. The molecule has 2 heteroatoms. The van der Waals surface area contributed by atoms with Gasteiger partial charge in [-0.05, 0) is 11.5 Å². The number of hydrogen-bond donors (Lipinski definition) is 0. The Labute approximate surface area is 140 Å². The van der Waals surface area contributed by atoms with Crippen molar-refractivity contribution in [3.63, 3.8) is 0 Å². The summed E-state index contributed by atoms with van der Waals surface area (Å²) in [6.45, 7) is 7.19. The minimum atomic E-state index is 0. The van der Waals surface area contributed by atoms with Crippen molar-refractivity contribution >= 4 is 9.52 Å². The third-order valence-corrected chi connectivity index (χ3v) is 5.98. The molecule has 0 aliphatic heterocycles. The zero-order valence-electron chi connectivity index (χ0n) is 13.9. The molecular formula is C17H32SiTi. The van der Waals surface area contributed by atoms with Crippen LogP contribution in [0.1, 0.15) is 46.5 Å². The zero-order valence-corrected chi connectivity index (χ0v) is 16.9. The average molecular weight is 312 g/mol. The van der Waals surface area contributed by atoms with Crippen LogP contribution in [-0.2, 0) is 21.7 Å². The van der Waals surface area contributed by atoms with Crippen molar-refractivity contribution in [3.8, 4) is 0 Å². The van der Waals surface area contributed by atoms with Crippen LogP contribution in [0.25, 0.3) is 0 Å². The maximum Gasteiger partial charge on any atom is 4.00 e. The molecule has 0 saturated heterocycles. The molecule has 0 fully saturated rings. The first-order valence-electron chi connectivity index (χ1n) is 6.37. The molecule has 0 aromatic carbocycles. The van der Waals surface area contributed by atoms with Gasteiger partial charge >= 0.3 is 21.7 Å². The molecule has 0 aromatic heterocycles. The van der Waals surface area contributed by atoms with E-state index in [0.29, 0.717) is 5.04 Å². The summed E-state index contributed by atoms with van der Waals surface area (Å²) >= 11 is 0. The van der Waals surface area contributed by atoms with Crippen LogP contribution in [0.15, 0.2) is 17.2 Å². The Balaban J connectivity index is -0.000000640. The van der Waals surface area contributed by atoms with Crippen LogP contribution in [0, 0.1) is 34.3 Å². The summed E-state index contributed by atoms with van der Waals surface area (Å²) in [4.78, 5) is 0. The van der Waals surface area contributed by atoms with Crippen LogP contribution < -0.4 is 0 Å². The molecule has 0 nitrogen and oxygen atoms in total. The Kier molecular flexibility index (Phi) is 13.1. The van der Waals surface area contributed by atoms with Gasteiger partial charge in [-0.25, -0.2) is 6.08 Å². The van der Waals surface area contributed by atoms with Gasteiger partial charge < -0.3 is 22.3 Å².